The van der Waals surface area contributed by atoms with Gasteiger partial charge in [0.25, 0.3) is 5.56 Å². The fourth-order valence-electron chi connectivity index (χ4n) is 4.10. The maximum absolute atomic E-state index is 12.9. The highest BCUT2D eigenvalue weighted by molar-refractivity contribution is 7.80. The first-order valence-electron chi connectivity index (χ1n) is 11.5. The van der Waals surface area contributed by atoms with Gasteiger partial charge in [0.15, 0.2) is 5.11 Å². The van der Waals surface area contributed by atoms with E-state index in [0.717, 1.165) is 47.4 Å². The monoisotopic (exact) mass is 465 g/mol. The summed E-state index contributed by atoms with van der Waals surface area (Å²) in [7, 11) is 0. The lowest BCUT2D eigenvalue weighted by atomic mass is 10.0. The smallest absolute Gasteiger partial charge is 0.253 e. The molecule has 7 heteroatoms. The van der Waals surface area contributed by atoms with Gasteiger partial charge < -0.3 is 24.7 Å². The second kappa shape index (κ2) is 10.4. The SMILES string of the molecule is CCOc1ccc(NC(=S)N(Cc2cc3cc(C)c(C)cc3[nH]c2=O)CC2CCCO2)cc1. The van der Waals surface area contributed by atoms with E-state index in [1.54, 1.807) is 0 Å². The van der Waals surface area contributed by atoms with E-state index in [0.29, 0.717) is 30.4 Å². The summed E-state index contributed by atoms with van der Waals surface area (Å²) in [5.74, 6) is 0.818. The zero-order valence-electron chi connectivity index (χ0n) is 19.4. The van der Waals surface area contributed by atoms with Crippen molar-refractivity contribution in [2.45, 2.75) is 46.3 Å². The molecule has 1 aromatic heterocycles. The number of ether oxygens (including phenoxy) is 2. The molecule has 1 aliphatic rings. The maximum Gasteiger partial charge on any atom is 0.253 e. The molecule has 0 bridgehead atoms. The van der Waals surface area contributed by atoms with E-state index in [9.17, 15) is 4.79 Å². The minimum Gasteiger partial charge on any atom is -0.494 e. The van der Waals surface area contributed by atoms with Crippen LogP contribution in [0.3, 0.4) is 0 Å². The van der Waals surface area contributed by atoms with Crippen LogP contribution in [0, 0.1) is 13.8 Å². The third kappa shape index (κ3) is 5.72. The first kappa shape index (κ1) is 23.3. The Balaban J connectivity index is 1.57. The predicted octanol–water partition coefficient (Wildman–Crippen LogP) is 4.92. The van der Waals surface area contributed by atoms with Gasteiger partial charge in [0.1, 0.15) is 5.75 Å². The highest BCUT2D eigenvalue weighted by Crippen LogP contribution is 2.21. The van der Waals surface area contributed by atoms with Crippen LogP contribution in [0.2, 0.25) is 0 Å². The number of aromatic amines is 1. The number of H-pyrrole nitrogens is 1. The molecule has 1 fully saturated rings. The van der Waals surface area contributed by atoms with Gasteiger partial charge in [-0.25, -0.2) is 0 Å². The zero-order chi connectivity index (χ0) is 23.4. The van der Waals surface area contributed by atoms with E-state index < -0.39 is 0 Å². The third-order valence-electron chi connectivity index (χ3n) is 6.05. The average molecular weight is 466 g/mol. The summed E-state index contributed by atoms with van der Waals surface area (Å²) >= 11 is 5.77. The number of nitrogens with one attached hydrogen (secondary N) is 2. The quantitative estimate of drug-likeness (QED) is 0.483. The van der Waals surface area contributed by atoms with Crippen molar-refractivity contribution < 1.29 is 9.47 Å². The number of benzene rings is 2. The fraction of sp³-hybridized carbons (Fsp3) is 0.385. The largest absolute Gasteiger partial charge is 0.494 e. The summed E-state index contributed by atoms with van der Waals surface area (Å²) in [6, 6.07) is 13.8. The summed E-state index contributed by atoms with van der Waals surface area (Å²) in [4.78, 5) is 18.0. The lowest BCUT2D eigenvalue weighted by Gasteiger charge is -2.28. The molecule has 2 heterocycles. The molecule has 0 aliphatic carbocycles. The van der Waals surface area contributed by atoms with Crippen molar-refractivity contribution in [3.8, 4) is 5.75 Å². The Kier molecular flexibility index (Phi) is 7.30. The molecule has 0 radical (unpaired) electrons. The molecule has 1 unspecified atom stereocenters. The van der Waals surface area contributed by atoms with Crippen molar-refractivity contribution in [3.05, 3.63) is 69.5 Å². The summed E-state index contributed by atoms with van der Waals surface area (Å²) in [5, 5.41) is 4.90. The standard InChI is InChI=1S/C26H31N3O3S/c1-4-31-22-9-7-21(8-10-22)27-26(33)29(16-23-6-5-11-32-23)15-20-14-19-12-17(2)18(3)13-24(19)28-25(20)30/h7-10,12-14,23H,4-6,11,15-16H2,1-3H3,(H,27,33)(H,28,30). The van der Waals surface area contributed by atoms with Gasteiger partial charge in [-0.2, -0.15) is 0 Å². The van der Waals surface area contributed by atoms with Crippen molar-refractivity contribution in [1.82, 2.24) is 9.88 Å². The molecule has 6 nitrogen and oxygen atoms in total. The summed E-state index contributed by atoms with van der Waals surface area (Å²) < 4.78 is 11.4. The zero-order valence-corrected chi connectivity index (χ0v) is 20.3. The first-order valence-corrected chi connectivity index (χ1v) is 11.9. The molecule has 0 saturated carbocycles. The molecule has 3 aromatic rings. The van der Waals surface area contributed by atoms with Crippen molar-refractivity contribution >= 4 is 33.9 Å². The lowest BCUT2D eigenvalue weighted by Crippen LogP contribution is -2.40. The molecule has 33 heavy (non-hydrogen) atoms. The number of hydrogen-bond donors (Lipinski definition) is 2. The molecule has 174 valence electrons. The van der Waals surface area contributed by atoms with Crippen molar-refractivity contribution in [2.75, 3.05) is 25.1 Å². The number of fused-ring (bicyclic) bond motifs is 1. The number of pyridine rings is 1. The van der Waals surface area contributed by atoms with Crippen molar-refractivity contribution in [2.24, 2.45) is 0 Å². The average Bonchev–Trinajstić information content (AvgIpc) is 3.30. The Morgan fingerprint density at radius 3 is 2.67 bits per heavy atom. The van der Waals surface area contributed by atoms with E-state index in [1.165, 1.54) is 5.56 Å². The Morgan fingerprint density at radius 1 is 1.21 bits per heavy atom. The van der Waals surface area contributed by atoms with Crippen LogP contribution in [-0.2, 0) is 11.3 Å². The normalized spacial score (nSPS) is 15.5. The summed E-state index contributed by atoms with van der Waals surface area (Å²) in [6.07, 6.45) is 2.15. The number of thiocarbonyl (C=S) groups is 1. The topological polar surface area (TPSA) is 66.6 Å². The Morgan fingerprint density at radius 2 is 1.97 bits per heavy atom. The van der Waals surface area contributed by atoms with Gasteiger partial charge in [0, 0.05) is 29.9 Å². The van der Waals surface area contributed by atoms with Gasteiger partial charge in [-0.05, 0) is 105 Å². The molecule has 1 aliphatic heterocycles. The van der Waals surface area contributed by atoms with Gasteiger partial charge in [0.2, 0.25) is 0 Å². The number of anilines is 1. The predicted molar refractivity (Wildman–Crippen MR) is 137 cm³/mol. The number of hydrogen-bond acceptors (Lipinski definition) is 4. The molecule has 2 aromatic carbocycles. The Labute approximate surface area is 199 Å². The summed E-state index contributed by atoms with van der Waals surface area (Å²) in [5.41, 5.74) is 4.68. The number of nitrogens with zero attached hydrogens (tertiary/aromatic N) is 1. The molecular formula is C26H31N3O3S. The second-order valence-electron chi connectivity index (χ2n) is 8.55. The minimum absolute atomic E-state index is 0.0908. The van der Waals surface area contributed by atoms with Crippen molar-refractivity contribution in [1.29, 1.82) is 0 Å². The molecule has 0 spiro atoms. The molecular weight excluding hydrogens is 434 g/mol. The Bertz CT molecular complexity index is 1180. The molecule has 1 atom stereocenters. The van der Waals surface area contributed by atoms with E-state index in [1.807, 2.05) is 48.2 Å². The Hall–Kier alpha value is -2.90. The second-order valence-corrected chi connectivity index (χ2v) is 8.94. The van der Waals surface area contributed by atoms with E-state index in [4.69, 9.17) is 21.7 Å². The van der Waals surface area contributed by atoms with Gasteiger partial charge in [0.05, 0.1) is 19.3 Å². The van der Waals surface area contributed by atoms with Gasteiger partial charge in [-0.3, -0.25) is 4.79 Å². The van der Waals surface area contributed by atoms with Crippen LogP contribution in [0.1, 0.15) is 36.5 Å². The molecule has 4 rings (SSSR count). The highest BCUT2D eigenvalue weighted by Gasteiger charge is 2.22. The number of aryl methyl sites for hydroxylation is 2. The molecule has 1 saturated heterocycles. The third-order valence-corrected chi connectivity index (χ3v) is 6.41. The van der Waals surface area contributed by atoms with Gasteiger partial charge in [-0.15, -0.1) is 0 Å². The minimum atomic E-state index is -0.0908. The highest BCUT2D eigenvalue weighted by atomic mass is 32.1. The van der Waals surface area contributed by atoms with Crippen molar-refractivity contribution in [3.63, 3.8) is 0 Å². The van der Waals surface area contributed by atoms with Crippen LogP contribution in [0.5, 0.6) is 5.75 Å². The number of rotatable bonds is 7. The molecule has 0 amide bonds. The molecule has 2 N–H and O–H groups in total. The number of aromatic nitrogens is 1. The fourth-order valence-corrected chi connectivity index (χ4v) is 4.36. The lowest BCUT2D eigenvalue weighted by molar-refractivity contribution is 0.0904. The van der Waals surface area contributed by atoms with E-state index in [2.05, 4.69) is 30.2 Å². The maximum atomic E-state index is 12.9. The van der Waals surface area contributed by atoms with E-state index in [-0.39, 0.29) is 11.7 Å². The van der Waals surface area contributed by atoms with Crippen LogP contribution in [0.4, 0.5) is 5.69 Å². The van der Waals surface area contributed by atoms with Crippen LogP contribution in [0.15, 0.2) is 47.3 Å². The van der Waals surface area contributed by atoms with Crippen LogP contribution in [0.25, 0.3) is 10.9 Å². The van der Waals surface area contributed by atoms with Crippen LogP contribution in [-0.4, -0.2) is 40.9 Å². The summed E-state index contributed by atoms with van der Waals surface area (Å²) in [6.45, 7) is 8.52. The van der Waals surface area contributed by atoms with Gasteiger partial charge in [-0.1, -0.05) is 0 Å². The first-order chi connectivity index (χ1) is 15.9. The van der Waals surface area contributed by atoms with E-state index >= 15 is 0 Å². The van der Waals surface area contributed by atoms with Crippen LogP contribution >= 0.6 is 12.2 Å². The van der Waals surface area contributed by atoms with Crippen LogP contribution < -0.4 is 15.6 Å². The van der Waals surface area contributed by atoms with Gasteiger partial charge >= 0.3 is 0 Å².